The molecule has 0 radical (unpaired) electrons. The molecule has 0 nitrogen and oxygen atoms in total. The Morgan fingerprint density at radius 1 is 1.40 bits per heavy atom. The summed E-state index contributed by atoms with van der Waals surface area (Å²) in [7, 11) is 0. The van der Waals surface area contributed by atoms with Crippen LogP contribution in [0.15, 0.2) is 12.7 Å². The summed E-state index contributed by atoms with van der Waals surface area (Å²) in [5.41, 5.74) is 0. The van der Waals surface area contributed by atoms with E-state index in [1.165, 1.54) is 25.0 Å². The third-order valence-corrected chi connectivity index (χ3v) is 2.18. The number of thioether (sulfide) groups is 1. The van der Waals surface area contributed by atoms with E-state index in [2.05, 4.69) is 13.5 Å². The van der Waals surface area contributed by atoms with E-state index in [1.54, 1.807) is 0 Å². The molecule has 0 N–H and O–H groups in total. The van der Waals surface area contributed by atoms with E-state index >= 15 is 0 Å². The average Bonchev–Trinajstić information content (AvgIpc) is 1.89. The molecule has 0 amide bonds. The standard InChI is InChI=1S/C8H16S.H3P/c1-3-5-6-8-9-7-4-2;/h4H,2-3,5-8H2,1H3;1H3. The molecular formula is C8H19PS. The monoisotopic (exact) mass is 178 g/mol. The van der Waals surface area contributed by atoms with E-state index < -0.39 is 0 Å². The van der Waals surface area contributed by atoms with Crippen LogP contribution in [-0.4, -0.2) is 11.5 Å². The zero-order valence-corrected chi connectivity index (χ0v) is 9.17. The largest absolute Gasteiger partial charge is 0.158 e. The number of unbranched alkanes of at least 4 members (excludes halogenated alkanes) is 2. The molecule has 0 aromatic heterocycles. The summed E-state index contributed by atoms with van der Waals surface area (Å²) < 4.78 is 0. The number of rotatable bonds is 6. The molecule has 1 atom stereocenters. The average molecular weight is 178 g/mol. The van der Waals surface area contributed by atoms with Crippen molar-refractivity contribution in [3.8, 4) is 0 Å². The fourth-order valence-corrected chi connectivity index (χ4v) is 1.36. The molecule has 0 saturated carbocycles. The Hall–Kier alpha value is 0.520. The molecule has 0 aromatic carbocycles. The van der Waals surface area contributed by atoms with E-state index in [-0.39, 0.29) is 9.90 Å². The van der Waals surface area contributed by atoms with Crippen LogP contribution in [0.3, 0.4) is 0 Å². The maximum Gasteiger partial charge on any atom is 0.0110 e. The van der Waals surface area contributed by atoms with Crippen LogP contribution in [0.2, 0.25) is 0 Å². The van der Waals surface area contributed by atoms with Gasteiger partial charge < -0.3 is 0 Å². The van der Waals surface area contributed by atoms with Crippen molar-refractivity contribution in [3.63, 3.8) is 0 Å². The van der Waals surface area contributed by atoms with Crippen LogP contribution in [0.25, 0.3) is 0 Å². The molecule has 2 heteroatoms. The molecule has 0 rings (SSSR count). The Morgan fingerprint density at radius 2 is 2.10 bits per heavy atom. The quantitative estimate of drug-likeness (QED) is 0.342. The maximum atomic E-state index is 3.66. The third kappa shape index (κ3) is 11.3. The summed E-state index contributed by atoms with van der Waals surface area (Å²) in [6, 6.07) is 0. The first-order valence-corrected chi connectivity index (χ1v) is 4.76. The Labute approximate surface area is 72.5 Å². The van der Waals surface area contributed by atoms with Gasteiger partial charge in [-0.25, -0.2) is 0 Å². The van der Waals surface area contributed by atoms with Gasteiger partial charge in [0.2, 0.25) is 0 Å². The summed E-state index contributed by atoms with van der Waals surface area (Å²) in [5, 5.41) is 0. The van der Waals surface area contributed by atoms with Gasteiger partial charge >= 0.3 is 0 Å². The topological polar surface area (TPSA) is 0 Å². The Bertz CT molecular complexity index is 64.3. The lowest BCUT2D eigenvalue weighted by Crippen LogP contribution is -1.79. The van der Waals surface area contributed by atoms with Crippen LogP contribution >= 0.6 is 21.7 Å². The Balaban J connectivity index is 0. The van der Waals surface area contributed by atoms with Crippen molar-refractivity contribution in [1.29, 1.82) is 0 Å². The van der Waals surface area contributed by atoms with E-state index in [0.29, 0.717) is 0 Å². The van der Waals surface area contributed by atoms with Crippen LogP contribution in [0, 0.1) is 0 Å². The summed E-state index contributed by atoms with van der Waals surface area (Å²) in [5.74, 6) is 2.42. The van der Waals surface area contributed by atoms with Gasteiger partial charge in [0.05, 0.1) is 0 Å². The molecule has 0 bridgehead atoms. The first kappa shape index (κ1) is 13.1. The van der Waals surface area contributed by atoms with Crippen LogP contribution in [-0.2, 0) is 0 Å². The molecule has 10 heavy (non-hydrogen) atoms. The molecule has 0 heterocycles. The fraction of sp³-hybridized carbons (Fsp3) is 0.750. The van der Waals surface area contributed by atoms with Gasteiger partial charge in [0, 0.05) is 5.75 Å². The highest BCUT2D eigenvalue weighted by atomic mass is 32.2. The van der Waals surface area contributed by atoms with Gasteiger partial charge in [-0.15, -0.1) is 6.58 Å². The molecule has 0 spiro atoms. The zero-order chi connectivity index (χ0) is 6.95. The highest BCUT2D eigenvalue weighted by molar-refractivity contribution is 7.99. The zero-order valence-electron chi connectivity index (χ0n) is 6.94. The molecule has 0 aliphatic rings. The normalized spacial score (nSPS) is 8.50. The lowest BCUT2D eigenvalue weighted by molar-refractivity contribution is 0.779. The van der Waals surface area contributed by atoms with Gasteiger partial charge in [-0.3, -0.25) is 0 Å². The van der Waals surface area contributed by atoms with Gasteiger partial charge in [-0.1, -0.05) is 25.8 Å². The fourth-order valence-electron chi connectivity index (χ4n) is 0.621. The van der Waals surface area contributed by atoms with Crippen molar-refractivity contribution >= 4 is 21.7 Å². The second-order valence-corrected chi connectivity index (χ2v) is 3.22. The third-order valence-electron chi connectivity index (χ3n) is 1.13. The van der Waals surface area contributed by atoms with Gasteiger partial charge in [-0.05, 0) is 12.2 Å². The second-order valence-electron chi connectivity index (χ2n) is 2.07. The van der Waals surface area contributed by atoms with Gasteiger partial charge in [0.25, 0.3) is 0 Å². The predicted octanol–water partition coefficient (Wildman–Crippen LogP) is 3.15. The number of hydrogen-bond acceptors (Lipinski definition) is 1. The maximum absolute atomic E-state index is 3.66. The van der Waals surface area contributed by atoms with Crippen LogP contribution in [0.1, 0.15) is 26.2 Å². The molecule has 0 saturated heterocycles. The predicted molar refractivity (Wildman–Crippen MR) is 58.2 cm³/mol. The van der Waals surface area contributed by atoms with Crippen molar-refractivity contribution in [3.05, 3.63) is 12.7 Å². The van der Waals surface area contributed by atoms with E-state index in [1.807, 2.05) is 17.8 Å². The summed E-state index contributed by atoms with van der Waals surface area (Å²) >= 11 is 1.98. The van der Waals surface area contributed by atoms with Crippen molar-refractivity contribution in [2.75, 3.05) is 11.5 Å². The molecule has 0 aliphatic heterocycles. The summed E-state index contributed by atoms with van der Waals surface area (Å²) in [6.45, 7) is 5.89. The van der Waals surface area contributed by atoms with Crippen LogP contribution in [0.5, 0.6) is 0 Å². The number of hydrogen-bond donors (Lipinski definition) is 0. The van der Waals surface area contributed by atoms with Crippen molar-refractivity contribution in [1.82, 2.24) is 0 Å². The highest BCUT2D eigenvalue weighted by Crippen LogP contribution is 2.05. The smallest absolute Gasteiger partial charge is 0.0110 e. The van der Waals surface area contributed by atoms with E-state index in [4.69, 9.17) is 0 Å². The first-order chi connectivity index (χ1) is 4.41. The van der Waals surface area contributed by atoms with E-state index in [9.17, 15) is 0 Å². The summed E-state index contributed by atoms with van der Waals surface area (Å²) in [6.07, 6.45) is 6.05. The molecule has 0 aliphatic carbocycles. The van der Waals surface area contributed by atoms with Gasteiger partial charge in [0.1, 0.15) is 0 Å². The second kappa shape index (κ2) is 12.2. The van der Waals surface area contributed by atoms with Crippen molar-refractivity contribution in [2.45, 2.75) is 26.2 Å². The molecule has 62 valence electrons. The highest BCUT2D eigenvalue weighted by Gasteiger charge is 1.84. The van der Waals surface area contributed by atoms with E-state index in [0.717, 1.165) is 5.75 Å². The minimum absolute atomic E-state index is 0. The lowest BCUT2D eigenvalue weighted by Gasteiger charge is -1.94. The molecular weight excluding hydrogens is 159 g/mol. The van der Waals surface area contributed by atoms with Crippen LogP contribution in [0.4, 0.5) is 0 Å². The molecule has 1 unspecified atom stereocenters. The van der Waals surface area contributed by atoms with Crippen molar-refractivity contribution < 1.29 is 0 Å². The SMILES string of the molecule is C=CCSCCCCC.P. The molecule has 0 aromatic rings. The minimum Gasteiger partial charge on any atom is -0.158 e. The molecule has 0 fully saturated rings. The Kier molecular flexibility index (Phi) is 16.1. The summed E-state index contributed by atoms with van der Waals surface area (Å²) in [4.78, 5) is 0. The van der Waals surface area contributed by atoms with Gasteiger partial charge in [-0.2, -0.15) is 21.7 Å². The lowest BCUT2D eigenvalue weighted by atomic mass is 10.3. The van der Waals surface area contributed by atoms with Crippen molar-refractivity contribution in [2.24, 2.45) is 0 Å². The Morgan fingerprint density at radius 3 is 2.60 bits per heavy atom. The first-order valence-electron chi connectivity index (χ1n) is 3.60. The van der Waals surface area contributed by atoms with Crippen LogP contribution < -0.4 is 0 Å². The minimum atomic E-state index is 0. The van der Waals surface area contributed by atoms with Gasteiger partial charge in [0.15, 0.2) is 0 Å².